The molecular weight excluding hydrogens is 464 g/mol. The van der Waals surface area contributed by atoms with Gasteiger partial charge in [0.05, 0.1) is 21.7 Å². The molecule has 1 aliphatic rings. The van der Waals surface area contributed by atoms with E-state index >= 15 is 0 Å². The van der Waals surface area contributed by atoms with E-state index in [0.29, 0.717) is 42.6 Å². The summed E-state index contributed by atoms with van der Waals surface area (Å²) in [4.78, 5) is 31.5. The number of hydrogen-bond donors (Lipinski definition) is 2. The van der Waals surface area contributed by atoms with Crippen LogP contribution in [0.3, 0.4) is 0 Å². The number of nitrogens with zero attached hydrogens (tertiary/aromatic N) is 2. The lowest BCUT2D eigenvalue weighted by atomic mass is 10.0. The molecule has 0 bridgehead atoms. The molecule has 3 aromatic rings. The normalized spacial score (nSPS) is 14.4. The smallest absolute Gasteiger partial charge is 0.262 e. The zero-order valence-electron chi connectivity index (χ0n) is 19.7. The summed E-state index contributed by atoms with van der Waals surface area (Å²) in [6.07, 6.45) is 4.34. The topological polar surface area (TPSA) is 108 Å². The maximum Gasteiger partial charge on any atom is 0.262 e. The van der Waals surface area contributed by atoms with Crippen molar-refractivity contribution in [1.29, 1.82) is 0 Å². The fourth-order valence-corrected chi connectivity index (χ4v) is 5.53. The summed E-state index contributed by atoms with van der Waals surface area (Å²) in [6.45, 7) is 4.48. The monoisotopic (exact) mass is 492 g/mol. The number of anilines is 1. The van der Waals surface area contributed by atoms with Crippen LogP contribution in [0.25, 0.3) is 0 Å². The molecule has 2 N–H and O–H groups in total. The van der Waals surface area contributed by atoms with Crippen molar-refractivity contribution < 1.29 is 18.0 Å². The van der Waals surface area contributed by atoms with Gasteiger partial charge in [0, 0.05) is 31.5 Å². The number of carbonyl (C=O) groups is 2. The summed E-state index contributed by atoms with van der Waals surface area (Å²) in [5.74, 6) is -0.435. The van der Waals surface area contributed by atoms with Gasteiger partial charge in [-0.25, -0.2) is 8.42 Å². The minimum atomic E-state index is -3.88. The van der Waals surface area contributed by atoms with Crippen molar-refractivity contribution in [3.63, 3.8) is 0 Å². The number of hydrogen-bond acceptors (Lipinski definition) is 5. The van der Waals surface area contributed by atoms with Crippen LogP contribution in [-0.4, -0.2) is 49.2 Å². The minimum absolute atomic E-state index is 0.0511. The van der Waals surface area contributed by atoms with Crippen LogP contribution in [0.2, 0.25) is 0 Å². The fourth-order valence-electron chi connectivity index (χ4n) is 4.12. The molecule has 0 aliphatic carbocycles. The SMILES string of the molecule is Cc1ccc(C)c(S(=O)(=O)Nc2ccccc2C(=O)N2CCC(NC(=O)c3cccnc3)CC2)c1. The van der Waals surface area contributed by atoms with Crippen LogP contribution in [0.4, 0.5) is 5.69 Å². The number of pyridine rings is 1. The van der Waals surface area contributed by atoms with E-state index < -0.39 is 10.0 Å². The molecule has 9 heteroatoms. The van der Waals surface area contributed by atoms with E-state index in [-0.39, 0.29) is 28.4 Å². The molecule has 35 heavy (non-hydrogen) atoms. The first kappa shape index (κ1) is 24.4. The second-order valence-corrected chi connectivity index (χ2v) is 10.4. The highest BCUT2D eigenvalue weighted by Crippen LogP contribution is 2.25. The second kappa shape index (κ2) is 10.3. The Labute approximate surface area is 205 Å². The number of likely N-dealkylation sites (tertiary alicyclic amines) is 1. The summed E-state index contributed by atoms with van der Waals surface area (Å²) in [6, 6.07) is 15.2. The third kappa shape index (κ3) is 5.68. The number of piperidine rings is 1. The molecule has 8 nitrogen and oxygen atoms in total. The van der Waals surface area contributed by atoms with E-state index in [0.717, 1.165) is 5.56 Å². The number of nitrogens with one attached hydrogen (secondary N) is 2. The fraction of sp³-hybridized carbons (Fsp3) is 0.269. The molecule has 1 aromatic heterocycles. The molecule has 0 radical (unpaired) electrons. The molecule has 1 aliphatic heterocycles. The Kier molecular flexibility index (Phi) is 7.16. The standard InChI is InChI=1S/C26H28N4O4S/c1-18-9-10-19(2)24(16-18)35(33,34)29-23-8-4-3-7-22(23)26(32)30-14-11-21(12-15-30)28-25(31)20-6-5-13-27-17-20/h3-10,13,16-17,21,29H,11-12,14-15H2,1-2H3,(H,28,31). The quantitative estimate of drug-likeness (QED) is 0.547. The number of carbonyl (C=O) groups excluding carboxylic acids is 2. The third-order valence-electron chi connectivity index (χ3n) is 6.08. The van der Waals surface area contributed by atoms with Crippen molar-refractivity contribution in [3.05, 3.63) is 89.2 Å². The van der Waals surface area contributed by atoms with E-state index in [9.17, 15) is 18.0 Å². The molecule has 2 heterocycles. The highest BCUT2D eigenvalue weighted by molar-refractivity contribution is 7.92. The van der Waals surface area contributed by atoms with Crippen molar-refractivity contribution in [2.45, 2.75) is 37.6 Å². The molecule has 0 spiro atoms. The van der Waals surface area contributed by atoms with Gasteiger partial charge in [-0.1, -0.05) is 24.3 Å². The number of aromatic nitrogens is 1. The van der Waals surface area contributed by atoms with Gasteiger partial charge >= 0.3 is 0 Å². The highest BCUT2D eigenvalue weighted by atomic mass is 32.2. The highest BCUT2D eigenvalue weighted by Gasteiger charge is 2.27. The third-order valence-corrected chi connectivity index (χ3v) is 7.58. The lowest BCUT2D eigenvalue weighted by molar-refractivity contribution is 0.0699. The van der Waals surface area contributed by atoms with Gasteiger partial charge in [0.1, 0.15) is 0 Å². The first-order valence-electron chi connectivity index (χ1n) is 11.4. The minimum Gasteiger partial charge on any atom is -0.349 e. The number of benzene rings is 2. The summed E-state index contributed by atoms with van der Waals surface area (Å²) >= 11 is 0. The van der Waals surface area contributed by atoms with Gasteiger partial charge in [0.2, 0.25) is 0 Å². The summed E-state index contributed by atoms with van der Waals surface area (Å²) in [5, 5.41) is 3.00. The Hall–Kier alpha value is -3.72. The molecule has 2 aromatic carbocycles. The van der Waals surface area contributed by atoms with E-state index in [1.165, 1.54) is 6.20 Å². The molecule has 1 fully saturated rings. The van der Waals surface area contributed by atoms with Crippen molar-refractivity contribution in [1.82, 2.24) is 15.2 Å². The van der Waals surface area contributed by atoms with E-state index in [1.807, 2.05) is 13.0 Å². The van der Waals surface area contributed by atoms with E-state index in [2.05, 4.69) is 15.0 Å². The summed E-state index contributed by atoms with van der Waals surface area (Å²) < 4.78 is 28.8. The number of aryl methyl sites for hydroxylation is 2. The van der Waals surface area contributed by atoms with E-state index in [1.54, 1.807) is 66.6 Å². The van der Waals surface area contributed by atoms with Gasteiger partial charge in [-0.15, -0.1) is 0 Å². The number of para-hydroxylation sites is 1. The molecule has 0 saturated carbocycles. The lowest BCUT2D eigenvalue weighted by Gasteiger charge is -2.32. The molecule has 0 unspecified atom stereocenters. The van der Waals surface area contributed by atoms with Gasteiger partial charge in [-0.2, -0.15) is 0 Å². The van der Waals surface area contributed by atoms with Gasteiger partial charge in [-0.3, -0.25) is 19.3 Å². The van der Waals surface area contributed by atoms with Crippen LogP contribution in [0, 0.1) is 13.8 Å². The Morgan fingerprint density at radius 3 is 2.46 bits per heavy atom. The second-order valence-electron chi connectivity index (χ2n) is 8.70. The molecule has 0 atom stereocenters. The Morgan fingerprint density at radius 1 is 1.00 bits per heavy atom. The predicted octanol–water partition coefficient (Wildman–Crippen LogP) is 3.53. The van der Waals surface area contributed by atoms with Crippen molar-refractivity contribution in [3.8, 4) is 0 Å². The van der Waals surface area contributed by atoms with Crippen LogP contribution in [-0.2, 0) is 10.0 Å². The number of amides is 2. The van der Waals surface area contributed by atoms with Gasteiger partial charge in [0.25, 0.3) is 21.8 Å². The van der Waals surface area contributed by atoms with Crippen LogP contribution in [0.1, 0.15) is 44.7 Å². The Morgan fingerprint density at radius 2 is 1.74 bits per heavy atom. The molecule has 1 saturated heterocycles. The zero-order valence-corrected chi connectivity index (χ0v) is 20.5. The van der Waals surface area contributed by atoms with Crippen molar-refractivity contribution in [2.24, 2.45) is 0 Å². The van der Waals surface area contributed by atoms with Gasteiger partial charge in [0.15, 0.2) is 0 Å². The molecule has 182 valence electrons. The van der Waals surface area contributed by atoms with Gasteiger partial charge < -0.3 is 10.2 Å². The maximum absolute atomic E-state index is 13.3. The lowest BCUT2D eigenvalue weighted by Crippen LogP contribution is -2.46. The van der Waals surface area contributed by atoms with Crippen LogP contribution >= 0.6 is 0 Å². The zero-order chi connectivity index (χ0) is 25.0. The summed E-state index contributed by atoms with van der Waals surface area (Å²) in [5.41, 5.74) is 2.49. The van der Waals surface area contributed by atoms with Gasteiger partial charge in [-0.05, 0) is 68.1 Å². The average Bonchev–Trinajstić information content (AvgIpc) is 2.86. The largest absolute Gasteiger partial charge is 0.349 e. The molecule has 2 amide bonds. The molecular formula is C26H28N4O4S. The summed E-state index contributed by atoms with van der Waals surface area (Å²) in [7, 11) is -3.88. The van der Waals surface area contributed by atoms with Crippen LogP contribution < -0.4 is 10.0 Å². The first-order chi connectivity index (χ1) is 16.7. The van der Waals surface area contributed by atoms with Crippen LogP contribution in [0.15, 0.2) is 71.9 Å². The Bertz CT molecular complexity index is 1330. The average molecular weight is 493 g/mol. The Balaban J connectivity index is 1.44. The van der Waals surface area contributed by atoms with E-state index in [4.69, 9.17) is 0 Å². The number of rotatable bonds is 6. The predicted molar refractivity (Wildman–Crippen MR) is 134 cm³/mol. The molecule has 4 rings (SSSR count). The van der Waals surface area contributed by atoms with Crippen molar-refractivity contribution >= 4 is 27.5 Å². The van der Waals surface area contributed by atoms with Crippen LogP contribution in [0.5, 0.6) is 0 Å². The number of sulfonamides is 1. The first-order valence-corrected chi connectivity index (χ1v) is 12.9. The van der Waals surface area contributed by atoms with Crippen molar-refractivity contribution in [2.75, 3.05) is 17.8 Å². The maximum atomic E-state index is 13.3.